The Labute approximate surface area is 126 Å². The van der Waals surface area contributed by atoms with Crippen LogP contribution in [0.4, 0.5) is 22.0 Å². The van der Waals surface area contributed by atoms with Crippen LogP contribution < -0.4 is 0 Å². The predicted octanol–water partition coefficient (Wildman–Crippen LogP) is 3.02. The molecule has 1 aliphatic carbocycles. The van der Waals surface area contributed by atoms with Crippen molar-refractivity contribution in [3.8, 4) is 0 Å². The lowest BCUT2D eigenvalue weighted by Gasteiger charge is -2.27. The van der Waals surface area contributed by atoms with Crippen molar-refractivity contribution < 1.29 is 31.5 Å². The number of ether oxygens (including phenoxy) is 1. The molecule has 1 saturated carbocycles. The Bertz CT molecular complexity index is 636. The summed E-state index contributed by atoms with van der Waals surface area (Å²) >= 11 is 5.39. The average Bonchev–Trinajstić information content (AvgIpc) is 3.18. The molecule has 0 bridgehead atoms. The van der Waals surface area contributed by atoms with Gasteiger partial charge in [-0.25, -0.2) is 8.78 Å². The van der Waals surface area contributed by atoms with Crippen LogP contribution >= 0.6 is 11.6 Å². The summed E-state index contributed by atoms with van der Waals surface area (Å²) < 4.78 is 70.6. The Morgan fingerprint density at radius 3 is 2.59 bits per heavy atom. The minimum Gasteiger partial charge on any atom is -0.373 e. The van der Waals surface area contributed by atoms with E-state index in [9.17, 15) is 26.7 Å². The van der Waals surface area contributed by atoms with Crippen molar-refractivity contribution in [2.75, 3.05) is 13.2 Å². The van der Waals surface area contributed by atoms with Crippen molar-refractivity contribution in [2.45, 2.75) is 18.3 Å². The predicted molar refractivity (Wildman–Crippen MR) is 65.5 cm³/mol. The van der Waals surface area contributed by atoms with Crippen LogP contribution in [-0.4, -0.2) is 42.3 Å². The topological polar surface area (TPSA) is 29.5 Å². The van der Waals surface area contributed by atoms with E-state index in [0.717, 1.165) is 17.0 Å². The van der Waals surface area contributed by atoms with Gasteiger partial charge in [0.1, 0.15) is 5.92 Å². The number of alkyl halides is 3. The van der Waals surface area contributed by atoms with Gasteiger partial charge in [0, 0.05) is 6.54 Å². The highest BCUT2D eigenvalue weighted by atomic mass is 35.5. The second-order valence-corrected chi connectivity index (χ2v) is 5.52. The van der Waals surface area contributed by atoms with E-state index in [1.165, 1.54) is 0 Å². The summed E-state index contributed by atoms with van der Waals surface area (Å²) in [5.74, 6) is -5.66. The molecule has 3 nitrogen and oxygen atoms in total. The molecule has 3 rings (SSSR count). The van der Waals surface area contributed by atoms with Gasteiger partial charge >= 0.3 is 6.18 Å². The van der Waals surface area contributed by atoms with Gasteiger partial charge < -0.3 is 9.64 Å². The minimum atomic E-state index is -4.51. The summed E-state index contributed by atoms with van der Waals surface area (Å²) in [6.07, 6.45) is -5.65. The van der Waals surface area contributed by atoms with E-state index < -0.39 is 52.4 Å². The number of benzene rings is 1. The Balaban J connectivity index is 1.88. The summed E-state index contributed by atoms with van der Waals surface area (Å²) in [6, 6.07) is 0.747. The van der Waals surface area contributed by atoms with E-state index in [-0.39, 0.29) is 13.2 Å². The average molecular weight is 342 g/mol. The third-order valence-corrected chi connectivity index (χ3v) is 4.12. The molecule has 22 heavy (non-hydrogen) atoms. The molecule has 1 saturated heterocycles. The van der Waals surface area contributed by atoms with E-state index in [0.29, 0.717) is 0 Å². The number of carbonyl (C=O) groups excluding carboxylic acids is 1. The van der Waals surface area contributed by atoms with Crippen LogP contribution in [-0.2, 0) is 4.74 Å². The maximum absolute atomic E-state index is 13.8. The Morgan fingerprint density at radius 1 is 1.27 bits per heavy atom. The second-order valence-electron chi connectivity index (χ2n) is 5.11. The number of rotatable bonds is 1. The van der Waals surface area contributed by atoms with E-state index in [4.69, 9.17) is 16.3 Å². The third-order valence-electron chi connectivity index (χ3n) is 3.82. The highest BCUT2D eigenvalue weighted by molar-refractivity contribution is 6.30. The highest BCUT2D eigenvalue weighted by Crippen LogP contribution is 2.51. The fourth-order valence-electron chi connectivity index (χ4n) is 2.74. The normalized spacial score (nSPS) is 27.5. The summed E-state index contributed by atoms with van der Waals surface area (Å²) in [5.41, 5.74) is -0.643. The quantitative estimate of drug-likeness (QED) is 0.580. The second kappa shape index (κ2) is 5.06. The first-order valence-corrected chi connectivity index (χ1v) is 6.74. The number of carbonyl (C=O) groups is 1. The molecular weight excluding hydrogens is 333 g/mol. The first-order chi connectivity index (χ1) is 10.2. The fourth-order valence-corrected chi connectivity index (χ4v) is 2.89. The summed E-state index contributed by atoms with van der Waals surface area (Å²) in [7, 11) is 0. The number of hydrogen-bond donors (Lipinski definition) is 0. The fraction of sp³-hybridized carbons (Fsp3) is 0.462. The molecule has 0 aromatic heterocycles. The van der Waals surface area contributed by atoms with Crippen molar-refractivity contribution in [1.82, 2.24) is 4.90 Å². The Kier molecular flexibility index (Phi) is 3.56. The maximum Gasteiger partial charge on any atom is 0.396 e. The van der Waals surface area contributed by atoms with Crippen molar-refractivity contribution in [1.29, 1.82) is 0 Å². The zero-order chi connectivity index (χ0) is 16.2. The summed E-state index contributed by atoms with van der Waals surface area (Å²) in [5, 5.41) is -0.506. The van der Waals surface area contributed by atoms with Gasteiger partial charge in [-0.05, 0) is 12.1 Å². The molecular formula is C13H9ClF5NO2. The molecule has 2 fully saturated rings. The monoisotopic (exact) mass is 341 g/mol. The van der Waals surface area contributed by atoms with E-state index in [1.807, 2.05) is 0 Å². The van der Waals surface area contributed by atoms with Gasteiger partial charge in [0.05, 0.1) is 29.3 Å². The zero-order valence-electron chi connectivity index (χ0n) is 10.8. The first kappa shape index (κ1) is 15.5. The summed E-state index contributed by atoms with van der Waals surface area (Å²) in [4.78, 5) is 13.1. The molecule has 2 aliphatic rings. The number of nitrogens with zero attached hydrogens (tertiary/aromatic N) is 1. The lowest BCUT2D eigenvalue weighted by atomic mass is 10.1. The van der Waals surface area contributed by atoms with Gasteiger partial charge in [-0.1, -0.05) is 11.6 Å². The number of halogens is 6. The molecule has 1 aliphatic heterocycles. The van der Waals surface area contributed by atoms with Crippen LogP contribution in [0.3, 0.4) is 0 Å². The Hall–Kier alpha value is -1.41. The van der Waals surface area contributed by atoms with Gasteiger partial charge in [-0.2, -0.15) is 13.2 Å². The smallest absolute Gasteiger partial charge is 0.373 e. The molecule has 0 spiro atoms. The van der Waals surface area contributed by atoms with Crippen LogP contribution in [0.5, 0.6) is 0 Å². The van der Waals surface area contributed by atoms with Gasteiger partial charge in [-0.15, -0.1) is 0 Å². The molecule has 1 amide bonds. The third kappa shape index (κ3) is 2.34. The van der Waals surface area contributed by atoms with Gasteiger partial charge in [-0.3, -0.25) is 4.79 Å². The molecule has 1 heterocycles. The highest BCUT2D eigenvalue weighted by Gasteiger charge is 2.69. The SMILES string of the molecule is O=C(c1ccc(Cl)c(F)c1F)N1CCO[C@H]2[C@@H]1[C@@H]2C(F)(F)F. The molecule has 0 unspecified atom stereocenters. The standard InChI is InChI=1S/C13H9ClF5NO2/c14-6-2-1-5(8(15)9(6)16)12(21)20-3-4-22-11-7(10(11)20)13(17,18)19/h1-2,7,10-11H,3-4H2/t7-,10-,11+/m0/s1. The maximum atomic E-state index is 13.8. The van der Waals surface area contributed by atoms with Crippen molar-refractivity contribution in [2.24, 2.45) is 5.92 Å². The lowest BCUT2D eigenvalue weighted by Crippen LogP contribution is -2.42. The van der Waals surface area contributed by atoms with E-state index in [1.54, 1.807) is 0 Å². The zero-order valence-corrected chi connectivity index (χ0v) is 11.6. The molecule has 9 heteroatoms. The molecule has 3 atom stereocenters. The van der Waals surface area contributed by atoms with Crippen LogP contribution in [0.1, 0.15) is 10.4 Å². The van der Waals surface area contributed by atoms with Crippen molar-refractivity contribution in [3.63, 3.8) is 0 Å². The van der Waals surface area contributed by atoms with Gasteiger partial charge in [0.15, 0.2) is 11.6 Å². The minimum absolute atomic E-state index is 0.0861. The summed E-state index contributed by atoms with van der Waals surface area (Å²) in [6.45, 7) is -0.201. The number of morpholine rings is 1. The molecule has 1 aromatic carbocycles. The van der Waals surface area contributed by atoms with Crippen LogP contribution in [0.15, 0.2) is 12.1 Å². The van der Waals surface area contributed by atoms with Crippen molar-refractivity contribution in [3.05, 3.63) is 34.4 Å². The lowest BCUT2D eigenvalue weighted by molar-refractivity contribution is -0.157. The van der Waals surface area contributed by atoms with Crippen molar-refractivity contribution >= 4 is 17.5 Å². The molecule has 120 valence electrons. The number of fused-ring (bicyclic) bond motifs is 1. The molecule has 0 N–H and O–H groups in total. The Morgan fingerprint density at radius 2 is 1.95 bits per heavy atom. The van der Waals surface area contributed by atoms with Crippen LogP contribution in [0, 0.1) is 17.6 Å². The molecule has 0 radical (unpaired) electrons. The van der Waals surface area contributed by atoms with E-state index >= 15 is 0 Å². The molecule has 1 aromatic rings. The van der Waals surface area contributed by atoms with Crippen LogP contribution in [0.2, 0.25) is 5.02 Å². The van der Waals surface area contributed by atoms with Gasteiger partial charge in [0.25, 0.3) is 5.91 Å². The van der Waals surface area contributed by atoms with Crippen LogP contribution in [0.25, 0.3) is 0 Å². The number of hydrogen-bond acceptors (Lipinski definition) is 2. The van der Waals surface area contributed by atoms with Gasteiger partial charge in [0.2, 0.25) is 0 Å². The first-order valence-electron chi connectivity index (χ1n) is 6.36. The van der Waals surface area contributed by atoms with E-state index in [2.05, 4.69) is 0 Å². The number of amides is 1. The largest absolute Gasteiger partial charge is 0.396 e.